The van der Waals surface area contributed by atoms with Gasteiger partial charge in [-0.05, 0) is 63.6 Å². The Balaban J connectivity index is 1.61. The third kappa shape index (κ3) is 4.44. The normalized spacial score (nSPS) is 19.6. The molecule has 4 rings (SSSR count). The van der Waals surface area contributed by atoms with Gasteiger partial charge in [0.1, 0.15) is 17.1 Å². The molecule has 1 aromatic heterocycles. The number of carbonyl (C=O) groups excluding carboxylic acids is 1. The lowest BCUT2D eigenvalue weighted by molar-refractivity contribution is -0.233. The first-order chi connectivity index (χ1) is 16.1. The first kappa shape index (κ1) is 23.6. The molecule has 1 saturated heterocycles. The van der Waals surface area contributed by atoms with Crippen LogP contribution >= 0.6 is 0 Å². The van der Waals surface area contributed by atoms with E-state index in [0.717, 1.165) is 6.42 Å². The maximum Gasteiger partial charge on any atom is 0.364 e. The summed E-state index contributed by atoms with van der Waals surface area (Å²) in [5, 5.41) is 22.7. The minimum Gasteiger partial charge on any atom is -0.508 e. The number of hydrogen-bond donors (Lipinski definition) is 3. The molecule has 2 aromatic carbocycles. The van der Waals surface area contributed by atoms with Crippen molar-refractivity contribution in [2.45, 2.75) is 51.6 Å². The second-order valence-corrected chi connectivity index (χ2v) is 8.75. The number of anilines is 1. The molecule has 0 radical (unpaired) electrons. The summed E-state index contributed by atoms with van der Waals surface area (Å²) < 4.78 is 23.0. The van der Waals surface area contributed by atoms with E-state index in [9.17, 15) is 19.8 Å². The molecule has 0 spiro atoms. The number of aryl methyl sites for hydroxylation is 1. The predicted octanol–water partition coefficient (Wildman–Crippen LogP) is 4.07. The summed E-state index contributed by atoms with van der Waals surface area (Å²) in [6.45, 7) is 5.59. The van der Waals surface area contributed by atoms with E-state index in [4.69, 9.17) is 18.6 Å². The van der Waals surface area contributed by atoms with Crippen molar-refractivity contribution in [3.63, 3.8) is 0 Å². The number of phenolic OH excluding ortho intramolecular Hbond substituents is 1. The van der Waals surface area contributed by atoms with E-state index < -0.39 is 29.2 Å². The number of ether oxygens (including phenoxy) is 3. The van der Waals surface area contributed by atoms with Gasteiger partial charge >= 0.3 is 5.63 Å². The number of carbonyl (C=O) groups is 1. The van der Waals surface area contributed by atoms with Crippen LogP contribution in [-0.2, 0) is 9.47 Å². The molecule has 0 saturated carbocycles. The Bertz CT molecular complexity index is 1280. The maximum absolute atomic E-state index is 12.6. The minimum absolute atomic E-state index is 0.00109. The molecule has 34 heavy (non-hydrogen) atoms. The lowest BCUT2D eigenvalue weighted by atomic mass is 9.94. The lowest BCUT2D eigenvalue weighted by Crippen LogP contribution is -2.49. The van der Waals surface area contributed by atoms with E-state index in [1.165, 1.54) is 24.3 Å². The smallest absolute Gasteiger partial charge is 0.364 e. The second kappa shape index (κ2) is 9.00. The van der Waals surface area contributed by atoms with E-state index in [-0.39, 0.29) is 34.1 Å². The molecule has 9 heteroatoms. The van der Waals surface area contributed by atoms with E-state index in [0.29, 0.717) is 17.7 Å². The van der Waals surface area contributed by atoms with Crippen LogP contribution in [0.1, 0.15) is 42.6 Å². The first-order valence-corrected chi connectivity index (χ1v) is 10.9. The molecule has 180 valence electrons. The van der Waals surface area contributed by atoms with Crippen LogP contribution in [0.25, 0.3) is 11.0 Å². The van der Waals surface area contributed by atoms with Gasteiger partial charge < -0.3 is 34.2 Å². The summed E-state index contributed by atoms with van der Waals surface area (Å²) in [5.74, 6) is -0.595. The molecule has 2 atom stereocenters. The van der Waals surface area contributed by atoms with Crippen LogP contribution in [0.5, 0.6) is 17.2 Å². The Morgan fingerprint density at radius 2 is 1.82 bits per heavy atom. The van der Waals surface area contributed by atoms with Gasteiger partial charge in [-0.1, -0.05) is 0 Å². The van der Waals surface area contributed by atoms with Crippen molar-refractivity contribution in [2.24, 2.45) is 0 Å². The summed E-state index contributed by atoms with van der Waals surface area (Å²) in [6, 6.07) is 8.67. The van der Waals surface area contributed by atoms with E-state index >= 15 is 0 Å². The quantitative estimate of drug-likeness (QED) is 0.477. The van der Waals surface area contributed by atoms with Crippen LogP contribution in [0, 0.1) is 6.92 Å². The van der Waals surface area contributed by atoms with Gasteiger partial charge in [0.25, 0.3) is 5.91 Å². The zero-order valence-corrected chi connectivity index (χ0v) is 19.4. The number of amides is 1. The highest BCUT2D eigenvalue weighted by Gasteiger charge is 2.39. The predicted molar refractivity (Wildman–Crippen MR) is 125 cm³/mol. The lowest BCUT2D eigenvalue weighted by Gasteiger charge is -2.41. The number of rotatable bonds is 5. The summed E-state index contributed by atoms with van der Waals surface area (Å²) in [7, 11) is 1.65. The summed E-state index contributed by atoms with van der Waals surface area (Å²) in [5.41, 5.74) is -0.957. The number of phenols is 1. The highest BCUT2D eigenvalue weighted by molar-refractivity contribution is 6.06. The van der Waals surface area contributed by atoms with Gasteiger partial charge in [-0.25, -0.2) is 4.79 Å². The monoisotopic (exact) mass is 469 g/mol. The fourth-order valence-electron chi connectivity index (χ4n) is 4.14. The van der Waals surface area contributed by atoms with Crippen molar-refractivity contribution >= 4 is 22.6 Å². The number of benzene rings is 2. The van der Waals surface area contributed by atoms with Crippen molar-refractivity contribution in [3.8, 4) is 17.2 Å². The molecule has 0 unspecified atom stereocenters. The van der Waals surface area contributed by atoms with Gasteiger partial charge in [-0.15, -0.1) is 0 Å². The average molecular weight is 469 g/mol. The third-order valence-electron chi connectivity index (χ3n) is 6.03. The zero-order valence-electron chi connectivity index (χ0n) is 19.4. The molecule has 3 N–H and O–H groups in total. The van der Waals surface area contributed by atoms with E-state index in [1.54, 1.807) is 26.2 Å². The molecule has 0 bridgehead atoms. The fourth-order valence-corrected chi connectivity index (χ4v) is 4.14. The number of aromatic hydroxyl groups is 2. The highest BCUT2D eigenvalue weighted by atomic mass is 16.7. The Hall–Kier alpha value is -3.56. The Labute approximate surface area is 195 Å². The van der Waals surface area contributed by atoms with Gasteiger partial charge in [0.15, 0.2) is 11.4 Å². The van der Waals surface area contributed by atoms with Gasteiger partial charge in [-0.2, -0.15) is 0 Å². The van der Waals surface area contributed by atoms with E-state index in [1.807, 2.05) is 13.8 Å². The Morgan fingerprint density at radius 1 is 1.12 bits per heavy atom. The van der Waals surface area contributed by atoms with Crippen molar-refractivity contribution in [1.82, 2.24) is 0 Å². The van der Waals surface area contributed by atoms with Crippen LogP contribution in [0.3, 0.4) is 0 Å². The Morgan fingerprint density at radius 3 is 2.47 bits per heavy atom. The molecule has 1 aliphatic heterocycles. The molecule has 3 aromatic rings. The minimum atomic E-state index is -0.907. The molecule has 2 heterocycles. The molecule has 1 fully saturated rings. The molecule has 0 aliphatic carbocycles. The summed E-state index contributed by atoms with van der Waals surface area (Å²) >= 11 is 0. The van der Waals surface area contributed by atoms with Crippen molar-refractivity contribution < 1.29 is 33.6 Å². The zero-order chi connectivity index (χ0) is 24.6. The number of methoxy groups -OCH3 is 1. The number of hydrogen-bond acceptors (Lipinski definition) is 8. The van der Waals surface area contributed by atoms with Crippen LogP contribution in [0.4, 0.5) is 5.69 Å². The van der Waals surface area contributed by atoms with Crippen LogP contribution in [0.15, 0.2) is 45.6 Å². The highest BCUT2D eigenvalue weighted by Crippen LogP contribution is 2.37. The molecular weight excluding hydrogens is 442 g/mol. The van der Waals surface area contributed by atoms with Gasteiger partial charge in [0, 0.05) is 24.7 Å². The van der Waals surface area contributed by atoms with Crippen LogP contribution in [0.2, 0.25) is 0 Å². The van der Waals surface area contributed by atoms with Gasteiger partial charge in [0.2, 0.25) is 6.29 Å². The summed E-state index contributed by atoms with van der Waals surface area (Å²) in [4.78, 5) is 25.1. The molecule has 1 aliphatic rings. The average Bonchev–Trinajstić information content (AvgIpc) is 2.78. The van der Waals surface area contributed by atoms with Gasteiger partial charge in [0.05, 0.1) is 17.1 Å². The first-order valence-electron chi connectivity index (χ1n) is 10.9. The largest absolute Gasteiger partial charge is 0.508 e. The molecule has 1 amide bonds. The van der Waals surface area contributed by atoms with Gasteiger partial charge in [-0.3, -0.25) is 4.79 Å². The van der Waals surface area contributed by atoms with Crippen molar-refractivity contribution in [1.29, 1.82) is 0 Å². The van der Waals surface area contributed by atoms with Crippen molar-refractivity contribution in [3.05, 3.63) is 57.9 Å². The molecular formula is C25H27NO8. The van der Waals surface area contributed by atoms with Crippen molar-refractivity contribution in [2.75, 3.05) is 12.4 Å². The number of nitrogens with one attached hydrogen (secondary N) is 1. The third-order valence-corrected chi connectivity index (χ3v) is 6.03. The Kier molecular flexibility index (Phi) is 6.24. The maximum atomic E-state index is 12.6. The fraction of sp³-hybridized carbons (Fsp3) is 0.360. The summed E-state index contributed by atoms with van der Waals surface area (Å²) in [6.07, 6.45) is 0.828. The van der Waals surface area contributed by atoms with Crippen LogP contribution < -0.4 is 15.7 Å². The standard InChI is InChI=1S/C25H27NO8/c1-13-17(32-19-12-11-18(31-4)25(2,3)34-19)10-9-16-21(28)20(24(30)33-22(13)16)26-23(29)14-5-7-15(27)8-6-14/h5-10,18-19,27-28H,11-12H2,1-4H3,(H,26,29)/t18-,19-/m1/s1. The van der Waals surface area contributed by atoms with E-state index in [2.05, 4.69) is 5.32 Å². The van der Waals surface area contributed by atoms with Crippen LogP contribution in [-0.4, -0.2) is 41.2 Å². The second-order valence-electron chi connectivity index (χ2n) is 8.75. The number of fused-ring (bicyclic) bond motifs is 1. The SMILES string of the molecule is CO[C@@H]1CC[C@H](Oc2ccc3c(O)c(NC(=O)c4ccc(O)cc4)c(=O)oc3c2C)OC1(C)C. The topological polar surface area (TPSA) is 127 Å². The molecule has 9 nitrogen and oxygen atoms in total.